The molecule has 0 amide bonds. The Hall–Kier alpha value is -1.16. The highest BCUT2D eigenvalue weighted by Gasteiger charge is 2.35. The molecule has 2 N–H and O–H groups in total. The van der Waals surface area contributed by atoms with Gasteiger partial charge in [0.1, 0.15) is 4.99 Å². The Kier molecular flexibility index (Phi) is 3.92. The minimum atomic E-state index is 0.473. The van der Waals surface area contributed by atoms with Crippen LogP contribution in [0.4, 0.5) is 5.69 Å². The predicted molar refractivity (Wildman–Crippen MR) is 87.1 cm³/mol. The van der Waals surface area contributed by atoms with Gasteiger partial charge in [-0.2, -0.15) is 0 Å². The van der Waals surface area contributed by atoms with Crippen molar-refractivity contribution < 1.29 is 0 Å². The molecule has 2 heterocycles. The van der Waals surface area contributed by atoms with E-state index < -0.39 is 0 Å². The van der Waals surface area contributed by atoms with E-state index in [0.29, 0.717) is 10.4 Å². The number of rotatable bonds is 2. The van der Waals surface area contributed by atoms with Gasteiger partial charge in [0, 0.05) is 24.8 Å². The van der Waals surface area contributed by atoms with Gasteiger partial charge < -0.3 is 10.6 Å². The van der Waals surface area contributed by atoms with Gasteiger partial charge in [0.25, 0.3) is 0 Å². The molecule has 1 spiro atoms. The van der Waals surface area contributed by atoms with E-state index in [4.69, 9.17) is 18.0 Å². The molecule has 0 atom stereocenters. The van der Waals surface area contributed by atoms with E-state index in [1.165, 1.54) is 44.9 Å². The van der Waals surface area contributed by atoms with Crippen LogP contribution in [0.1, 0.15) is 50.5 Å². The molecular formula is C16H23N3S. The summed E-state index contributed by atoms with van der Waals surface area (Å²) in [7, 11) is 0. The Morgan fingerprint density at radius 1 is 1.15 bits per heavy atom. The van der Waals surface area contributed by atoms with Crippen molar-refractivity contribution in [3.05, 3.63) is 24.0 Å². The number of piperidine rings is 1. The molecule has 1 aliphatic carbocycles. The second-order valence-electron chi connectivity index (χ2n) is 6.30. The van der Waals surface area contributed by atoms with E-state index in [0.717, 1.165) is 24.3 Å². The molecule has 2 fully saturated rings. The predicted octanol–water partition coefficient (Wildman–Crippen LogP) is 3.27. The molecule has 3 nitrogen and oxygen atoms in total. The minimum Gasteiger partial charge on any atom is -0.389 e. The maximum atomic E-state index is 5.83. The summed E-state index contributed by atoms with van der Waals surface area (Å²) < 4.78 is 0. The van der Waals surface area contributed by atoms with Crippen molar-refractivity contribution >= 4 is 22.9 Å². The SMILES string of the molecule is NC(=S)c1ccncc1N1CCC2(CCCCC2)CC1. The fourth-order valence-corrected chi connectivity index (χ4v) is 4.04. The van der Waals surface area contributed by atoms with Crippen LogP contribution in [-0.2, 0) is 0 Å². The van der Waals surface area contributed by atoms with E-state index in [9.17, 15) is 0 Å². The monoisotopic (exact) mass is 289 g/mol. The molecular weight excluding hydrogens is 266 g/mol. The third kappa shape index (κ3) is 2.66. The topological polar surface area (TPSA) is 42.1 Å². The summed E-state index contributed by atoms with van der Waals surface area (Å²) in [5.74, 6) is 0. The first-order valence-electron chi connectivity index (χ1n) is 7.69. The Labute approximate surface area is 126 Å². The Morgan fingerprint density at radius 2 is 1.85 bits per heavy atom. The zero-order chi connectivity index (χ0) is 14.0. The minimum absolute atomic E-state index is 0.473. The molecule has 1 aliphatic heterocycles. The zero-order valence-corrected chi connectivity index (χ0v) is 12.8. The first-order chi connectivity index (χ1) is 9.70. The van der Waals surface area contributed by atoms with Crippen LogP contribution in [0.5, 0.6) is 0 Å². The van der Waals surface area contributed by atoms with Gasteiger partial charge >= 0.3 is 0 Å². The smallest absolute Gasteiger partial charge is 0.106 e. The fourth-order valence-electron chi connectivity index (χ4n) is 3.87. The molecule has 20 heavy (non-hydrogen) atoms. The molecule has 2 aliphatic rings. The maximum Gasteiger partial charge on any atom is 0.106 e. The van der Waals surface area contributed by atoms with Crippen LogP contribution in [0.3, 0.4) is 0 Å². The number of thiocarbonyl (C=S) groups is 1. The van der Waals surface area contributed by atoms with Crippen LogP contribution >= 0.6 is 12.2 Å². The van der Waals surface area contributed by atoms with E-state index >= 15 is 0 Å². The van der Waals surface area contributed by atoms with Crippen molar-refractivity contribution in [3.8, 4) is 0 Å². The van der Waals surface area contributed by atoms with Crippen molar-refractivity contribution in [2.45, 2.75) is 44.9 Å². The molecule has 1 aromatic heterocycles. The van der Waals surface area contributed by atoms with Crippen molar-refractivity contribution in [2.24, 2.45) is 11.1 Å². The molecule has 3 rings (SSSR count). The highest BCUT2D eigenvalue weighted by Crippen LogP contribution is 2.45. The summed E-state index contributed by atoms with van der Waals surface area (Å²) in [5, 5.41) is 0. The van der Waals surface area contributed by atoms with Crippen molar-refractivity contribution in [3.63, 3.8) is 0 Å². The standard InChI is InChI=1S/C16H23N3S/c17-15(20)13-4-9-18-12-14(13)19-10-7-16(8-11-19)5-2-1-3-6-16/h4,9,12H,1-3,5-8,10-11H2,(H2,17,20). The lowest BCUT2D eigenvalue weighted by atomic mass is 9.68. The van der Waals surface area contributed by atoms with Crippen LogP contribution in [-0.4, -0.2) is 23.1 Å². The van der Waals surface area contributed by atoms with E-state index in [1.54, 1.807) is 6.20 Å². The summed E-state index contributed by atoms with van der Waals surface area (Å²) >= 11 is 5.16. The summed E-state index contributed by atoms with van der Waals surface area (Å²) in [6.07, 6.45) is 13.4. The summed E-state index contributed by atoms with van der Waals surface area (Å²) in [6.45, 7) is 2.22. The summed E-state index contributed by atoms with van der Waals surface area (Å²) in [4.78, 5) is 7.14. The number of anilines is 1. The maximum absolute atomic E-state index is 5.83. The largest absolute Gasteiger partial charge is 0.389 e. The molecule has 0 aromatic carbocycles. The molecule has 0 unspecified atom stereocenters. The second kappa shape index (κ2) is 5.68. The third-order valence-corrected chi connectivity index (χ3v) is 5.36. The van der Waals surface area contributed by atoms with Crippen LogP contribution in [0.2, 0.25) is 0 Å². The normalized spacial score (nSPS) is 21.9. The van der Waals surface area contributed by atoms with E-state index in [2.05, 4.69) is 9.88 Å². The molecule has 108 valence electrons. The van der Waals surface area contributed by atoms with Crippen molar-refractivity contribution in [1.82, 2.24) is 4.98 Å². The lowest BCUT2D eigenvalue weighted by Gasteiger charge is -2.45. The highest BCUT2D eigenvalue weighted by molar-refractivity contribution is 7.80. The van der Waals surface area contributed by atoms with Gasteiger partial charge in [0.2, 0.25) is 0 Å². The Morgan fingerprint density at radius 3 is 2.50 bits per heavy atom. The van der Waals surface area contributed by atoms with Crippen LogP contribution in [0, 0.1) is 5.41 Å². The lowest BCUT2D eigenvalue weighted by Crippen LogP contribution is -2.41. The number of nitrogens with two attached hydrogens (primary N) is 1. The Balaban J connectivity index is 1.73. The van der Waals surface area contributed by atoms with E-state index in [1.807, 2.05) is 12.3 Å². The Bertz CT molecular complexity index is 484. The number of hydrogen-bond donors (Lipinski definition) is 1. The average molecular weight is 289 g/mol. The number of hydrogen-bond acceptors (Lipinski definition) is 3. The number of nitrogens with zero attached hydrogens (tertiary/aromatic N) is 2. The van der Waals surface area contributed by atoms with Crippen LogP contribution in [0.15, 0.2) is 18.5 Å². The third-order valence-electron chi connectivity index (χ3n) is 5.14. The van der Waals surface area contributed by atoms with Gasteiger partial charge in [-0.25, -0.2) is 0 Å². The van der Waals surface area contributed by atoms with Gasteiger partial charge in [0.15, 0.2) is 0 Å². The van der Waals surface area contributed by atoms with Gasteiger partial charge in [-0.15, -0.1) is 0 Å². The van der Waals surface area contributed by atoms with Crippen molar-refractivity contribution in [1.29, 1.82) is 0 Å². The van der Waals surface area contributed by atoms with Crippen LogP contribution in [0.25, 0.3) is 0 Å². The van der Waals surface area contributed by atoms with Gasteiger partial charge in [-0.3, -0.25) is 4.98 Å². The lowest BCUT2D eigenvalue weighted by molar-refractivity contribution is 0.144. The second-order valence-corrected chi connectivity index (χ2v) is 6.74. The van der Waals surface area contributed by atoms with Crippen LogP contribution < -0.4 is 10.6 Å². The first-order valence-corrected chi connectivity index (χ1v) is 8.10. The molecule has 0 bridgehead atoms. The quantitative estimate of drug-likeness (QED) is 0.849. The number of aromatic nitrogens is 1. The molecule has 1 aromatic rings. The summed E-state index contributed by atoms with van der Waals surface area (Å²) in [6, 6.07) is 1.93. The highest BCUT2D eigenvalue weighted by atomic mass is 32.1. The van der Waals surface area contributed by atoms with Gasteiger partial charge in [-0.05, 0) is 37.2 Å². The molecule has 4 heteroatoms. The summed E-state index contributed by atoms with van der Waals surface area (Å²) in [5.41, 5.74) is 8.54. The fraction of sp³-hybridized carbons (Fsp3) is 0.625. The van der Waals surface area contributed by atoms with Gasteiger partial charge in [0.05, 0.1) is 11.9 Å². The first kappa shape index (κ1) is 13.8. The zero-order valence-electron chi connectivity index (χ0n) is 12.0. The average Bonchev–Trinajstić information content (AvgIpc) is 2.49. The number of pyridine rings is 1. The van der Waals surface area contributed by atoms with E-state index in [-0.39, 0.29) is 0 Å². The molecule has 1 saturated carbocycles. The van der Waals surface area contributed by atoms with Gasteiger partial charge in [-0.1, -0.05) is 31.5 Å². The molecule has 1 saturated heterocycles. The van der Waals surface area contributed by atoms with Crippen molar-refractivity contribution in [2.75, 3.05) is 18.0 Å². The molecule has 0 radical (unpaired) electrons.